The zero-order valence-corrected chi connectivity index (χ0v) is 6.47. The minimum absolute atomic E-state index is 0.0261. The van der Waals surface area contributed by atoms with Gasteiger partial charge in [-0.25, -0.2) is 4.79 Å². The molecule has 7 heteroatoms. The van der Waals surface area contributed by atoms with Crippen LogP contribution in [0, 0.1) is 5.92 Å². The average Bonchev–Trinajstić information content (AvgIpc) is 1.93. The van der Waals surface area contributed by atoms with Crippen molar-refractivity contribution in [2.75, 3.05) is 19.8 Å². The van der Waals surface area contributed by atoms with E-state index in [9.17, 15) is 22.4 Å². The Morgan fingerprint density at radius 3 is 2.38 bits per heavy atom. The molecule has 0 aromatic rings. The monoisotopic (exact) mass is 201 g/mol. The molecule has 1 rings (SSSR count). The molecule has 0 aliphatic carbocycles. The standard InChI is InChI=1S/C6H7F4NO2/c7-1-4-2-11(3-4)13-5(12)6(8,9)10/h4H,1-3H2. The van der Waals surface area contributed by atoms with Gasteiger partial charge in [-0.2, -0.15) is 13.2 Å². The summed E-state index contributed by atoms with van der Waals surface area (Å²) in [6.07, 6.45) is -4.99. The molecule has 0 unspecified atom stereocenters. The summed E-state index contributed by atoms with van der Waals surface area (Å²) in [6, 6.07) is 0. The van der Waals surface area contributed by atoms with Crippen LogP contribution in [0.15, 0.2) is 0 Å². The number of nitrogens with zero attached hydrogens (tertiary/aromatic N) is 1. The van der Waals surface area contributed by atoms with Crippen molar-refractivity contribution in [3.63, 3.8) is 0 Å². The summed E-state index contributed by atoms with van der Waals surface area (Å²) in [6.45, 7) is -0.559. The van der Waals surface area contributed by atoms with Crippen LogP contribution < -0.4 is 0 Å². The third-order valence-corrected chi connectivity index (χ3v) is 1.59. The molecule has 3 nitrogen and oxygen atoms in total. The quantitative estimate of drug-likeness (QED) is 0.622. The van der Waals surface area contributed by atoms with Crippen molar-refractivity contribution in [1.29, 1.82) is 0 Å². The molecule has 0 radical (unpaired) electrons. The molecule has 0 bridgehead atoms. The number of hydrogen-bond donors (Lipinski definition) is 0. The lowest BCUT2D eigenvalue weighted by Gasteiger charge is -2.35. The SMILES string of the molecule is O=C(ON1CC(CF)C1)C(F)(F)F. The highest BCUT2D eigenvalue weighted by Gasteiger charge is 2.44. The Bertz CT molecular complexity index is 199. The van der Waals surface area contributed by atoms with Gasteiger partial charge in [0.05, 0.1) is 6.67 Å². The second-order valence-corrected chi connectivity index (χ2v) is 2.74. The predicted molar refractivity (Wildman–Crippen MR) is 33.2 cm³/mol. The fourth-order valence-electron chi connectivity index (χ4n) is 0.864. The van der Waals surface area contributed by atoms with Gasteiger partial charge in [0.15, 0.2) is 0 Å². The first-order valence-corrected chi connectivity index (χ1v) is 3.53. The van der Waals surface area contributed by atoms with Gasteiger partial charge >= 0.3 is 12.1 Å². The molecule has 0 aromatic heterocycles. The van der Waals surface area contributed by atoms with Crippen LogP contribution in [0.5, 0.6) is 0 Å². The van der Waals surface area contributed by atoms with Gasteiger partial charge in [0.2, 0.25) is 0 Å². The number of hydroxylamine groups is 2. The maximum absolute atomic E-state index is 11.8. The molecular weight excluding hydrogens is 194 g/mol. The molecule has 0 atom stereocenters. The van der Waals surface area contributed by atoms with Crippen molar-refractivity contribution in [3.05, 3.63) is 0 Å². The van der Waals surface area contributed by atoms with E-state index in [0.29, 0.717) is 0 Å². The maximum Gasteiger partial charge on any atom is 0.492 e. The molecule has 76 valence electrons. The molecule has 0 amide bonds. The summed E-state index contributed by atoms with van der Waals surface area (Å²) in [5, 5.41) is 0.792. The highest BCUT2D eigenvalue weighted by atomic mass is 19.4. The van der Waals surface area contributed by atoms with E-state index in [1.807, 2.05) is 0 Å². The van der Waals surface area contributed by atoms with Gasteiger partial charge < -0.3 is 4.84 Å². The smallest absolute Gasteiger partial charge is 0.361 e. The lowest BCUT2D eigenvalue weighted by molar-refractivity contribution is -0.259. The van der Waals surface area contributed by atoms with Crippen LogP contribution in [0.25, 0.3) is 0 Å². The molecule has 1 fully saturated rings. The summed E-state index contributed by atoms with van der Waals surface area (Å²) in [5.74, 6) is -2.58. The van der Waals surface area contributed by atoms with Gasteiger partial charge in [-0.05, 0) is 0 Å². The van der Waals surface area contributed by atoms with Crippen molar-refractivity contribution in [2.24, 2.45) is 5.92 Å². The van der Waals surface area contributed by atoms with Crippen LogP contribution in [0.1, 0.15) is 0 Å². The fourth-order valence-corrected chi connectivity index (χ4v) is 0.864. The van der Waals surface area contributed by atoms with Gasteiger partial charge in [0.1, 0.15) is 0 Å². The molecule has 1 aliphatic heterocycles. The molecule has 0 aromatic carbocycles. The third-order valence-electron chi connectivity index (χ3n) is 1.59. The van der Waals surface area contributed by atoms with Crippen molar-refractivity contribution >= 4 is 5.97 Å². The zero-order valence-electron chi connectivity index (χ0n) is 6.47. The van der Waals surface area contributed by atoms with Gasteiger partial charge in [0, 0.05) is 19.0 Å². The van der Waals surface area contributed by atoms with Crippen LogP contribution in [0.2, 0.25) is 0 Å². The minimum Gasteiger partial charge on any atom is -0.361 e. The minimum atomic E-state index is -4.99. The number of alkyl halides is 4. The van der Waals surface area contributed by atoms with E-state index in [1.165, 1.54) is 0 Å². The highest BCUT2D eigenvalue weighted by molar-refractivity contribution is 5.75. The Kier molecular flexibility index (Phi) is 2.74. The molecule has 1 aliphatic rings. The van der Waals surface area contributed by atoms with Crippen molar-refractivity contribution in [2.45, 2.75) is 6.18 Å². The Hall–Kier alpha value is -0.850. The molecule has 13 heavy (non-hydrogen) atoms. The van der Waals surface area contributed by atoms with E-state index in [1.54, 1.807) is 0 Å². The molecule has 1 heterocycles. The van der Waals surface area contributed by atoms with E-state index in [0.717, 1.165) is 5.06 Å². The Labute approximate surface area is 71.2 Å². The van der Waals surface area contributed by atoms with Crippen LogP contribution in [-0.4, -0.2) is 37.0 Å². The Morgan fingerprint density at radius 1 is 1.46 bits per heavy atom. The van der Waals surface area contributed by atoms with Crippen LogP contribution >= 0.6 is 0 Å². The van der Waals surface area contributed by atoms with E-state index in [4.69, 9.17) is 0 Å². The summed E-state index contributed by atoms with van der Waals surface area (Å²) in [5.41, 5.74) is 0. The Morgan fingerprint density at radius 2 is 2.00 bits per heavy atom. The first kappa shape index (κ1) is 10.2. The number of rotatable bonds is 2. The Balaban J connectivity index is 2.25. The lowest BCUT2D eigenvalue weighted by atomic mass is 10.1. The predicted octanol–water partition coefficient (Wildman–Crippen LogP) is 0.908. The number of halogens is 4. The summed E-state index contributed by atoms with van der Waals surface area (Å²) in [7, 11) is 0. The third kappa shape index (κ3) is 2.55. The fraction of sp³-hybridized carbons (Fsp3) is 0.833. The normalized spacial score (nSPS) is 19.7. The van der Waals surface area contributed by atoms with Gasteiger partial charge in [0.25, 0.3) is 0 Å². The highest BCUT2D eigenvalue weighted by Crippen LogP contribution is 2.21. The number of carbonyl (C=O) groups excluding carboxylic acids is 1. The van der Waals surface area contributed by atoms with Gasteiger partial charge in [-0.15, -0.1) is 5.06 Å². The summed E-state index contributed by atoms with van der Waals surface area (Å²) >= 11 is 0. The molecule has 0 spiro atoms. The zero-order chi connectivity index (χ0) is 10.1. The summed E-state index contributed by atoms with van der Waals surface area (Å²) in [4.78, 5) is 14.1. The summed E-state index contributed by atoms with van der Waals surface area (Å²) < 4.78 is 46.5. The maximum atomic E-state index is 11.8. The van der Waals surface area contributed by atoms with E-state index in [-0.39, 0.29) is 19.0 Å². The van der Waals surface area contributed by atoms with E-state index >= 15 is 0 Å². The van der Waals surface area contributed by atoms with Crippen LogP contribution in [-0.2, 0) is 9.63 Å². The molecule has 1 saturated heterocycles. The molecule has 0 saturated carbocycles. The van der Waals surface area contributed by atoms with Crippen LogP contribution in [0.4, 0.5) is 17.6 Å². The molecule has 0 N–H and O–H groups in total. The van der Waals surface area contributed by atoms with Gasteiger partial charge in [-0.1, -0.05) is 0 Å². The first-order valence-electron chi connectivity index (χ1n) is 3.53. The van der Waals surface area contributed by atoms with Crippen molar-refractivity contribution in [3.8, 4) is 0 Å². The van der Waals surface area contributed by atoms with Crippen molar-refractivity contribution in [1.82, 2.24) is 5.06 Å². The van der Waals surface area contributed by atoms with E-state index < -0.39 is 18.8 Å². The number of carbonyl (C=O) groups is 1. The topological polar surface area (TPSA) is 29.5 Å². The second-order valence-electron chi connectivity index (χ2n) is 2.74. The van der Waals surface area contributed by atoms with E-state index in [2.05, 4.69) is 4.84 Å². The lowest BCUT2D eigenvalue weighted by Crippen LogP contribution is -2.50. The first-order chi connectivity index (χ1) is 5.93. The largest absolute Gasteiger partial charge is 0.492 e. The second kappa shape index (κ2) is 3.49. The van der Waals surface area contributed by atoms with Gasteiger partial charge in [-0.3, -0.25) is 4.39 Å². The van der Waals surface area contributed by atoms with Crippen LogP contribution in [0.3, 0.4) is 0 Å². The number of hydrogen-bond acceptors (Lipinski definition) is 3. The van der Waals surface area contributed by atoms with Crippen molar-refractivity contribution < 1.29 is 27.2 Å². The molecular formula is C6H7F4NO2. The average molecular weight is 201 g/mol.